The highest BCUT2D eigenvalue weighted by Gasteiger charge is 2.32. The van der Waals surface area contributed by atoms with Crippen molar-refractivity contribution in [3.63, 3.8) is 0 Å². The summed E-state index contributed by atoms with van der Waals surface area (Å²) in [6.45, 7) is 2.30. The van der Waals surface area contributed by atoms with E-state index in [-0.39, 0.29) is 6.04 Å². The van der Waals surface area contributed by atoms with Crippen molar-refractivity contribution >= 4 is 5.91 Å². The van der Waals surface area contributed by atoms with E-state index in [4.69, 9.17) is 0 Å². The lowest BCUT2D eigenvalue weighted by atomic mass is 10.1. The van der Waals surface area contributed by atoms with Crippen molar-refractivity contribution in [2.75, 3.05) is 0 Å². The zero-order valence-corrected chi connectivity index (χ0v) is 9.34. The molecule has 1 N–H and O–H groups in total. The Hall–Kier alpha value is -1.45. The van der Waals surface area contributed by atoms with Gasteiger partial charge in [-0.1, -0.05) is 30.3 Å². The average molecular weight is 227 g/mol. The van der Waals surface area contributed by atoms with Crippen LogP contribution in [0.25, 0.3) is 0 Å². The van der Waals surface area contributed by atoms with Gasteiger partial charge in [-0.2, -0.15) is 8.78 Å². The van der Waals surface area contributed by atoms with E-state index in [1.165, 1.54) is 0 Å². The van der Waals surface area contributed by atoms with Gasteiger partial charge in [0.05, 0.1) is 0 Å². The maximum absolute atomic E-state index is 12.6. The molecule has 0 fully saturated rings. The molecule has 0 aliphatic carbocycles. The minimum absolute atomic E-state index is 0.305. The first-order valence-electron chi connectivity index (χ1n) is 5.12. The van der Waals surface area contributed by atoms with E-state index in [1.54, 1.807) is 6.92 Å². The number of amides is 1. The zero-order chi connectivity index (χ0) is 12.2. The molecule has 0 radical (unpaired) electrons. The van der Waals surface area contributed by atoms with Gasteiger partial charge in [0.15, 0.2) is 0 Å². The van der Waals surface area contributed by atoms with Crippen LogP contribution in [0.2, 0.25) is 0 Å². The van der Waals surface area contributed by atoms with Crippen molar-refractivity contribution in [3.05, 3.63) is 35.9 Å². The fraction of sp³-hybridized carbons (Fsp3) is 0.417. The largest absolute Gasteiger partial charge is 0.348 e. The number of benzene rings is 1. The predicted molar refractivity (Wildman–Crippen MR) is 58.4 cm³/mol. The Kier molecular flexibility index (Phi) is 3.99. The van der Waals surface area contributed by atoms with Crippen LogP contribution >= 0.6 is 0 Å². The second-order valence-corrected chi connectivity index (χ2v) is 3.95. The molecular formula is C12H15F2NO. The number of alkyl halides is 2. The summed E-state index contributed by atoms with van der Waals surface area (Å²) >= 11 is 0. The van der Waals surface area contributed by atoms with Gasteiger partial charge in [0.25, 0.3) is 5.91 Å². The summed E-state index contributed by atoms with van der Waals surface area (Å²) < 4.78 is 25.2. The lowest BCUT2D eigenvalue weighted by Gasteiger charge is -2.17. The molecule has 0 heterocycles. The van der Waals surface area contributed by atoms with Crippen LogP contribution in [0.4, 0.5) is 8.78 Å². The number of rotatable bonds is 4. The Labute approximate surface area is 93.7 Å². The Morgan fingerprint density at radius 1 is 1.38 bits per heavy atom. The molecule has 0 aliphatic rings. The molecule has 16 heavy (non-hydrogen) atoms. The summed E-state index contributed by atoms with van der Waals surface area (Å²) in [5.74, 6) is -4.54. The lowest BCUT2D eigenvalue weighted by Crippen LogP contribution is -2.43. The monoisotopic (exact) mass is 227 g/mol. The summed E-state index contributed by atoms with van der Waals surface area (Å²) in [7, 11) is 0. The van der Waals surface area contributed by atoms with Crippen LogP contribution in [0, 0.1) is 0 Å². The summed E-state index contributed by atoms with van der Waals surface area (Å²) in [4.78, 5) is 11.0. The lowest BCUT2D eigenvalue weighted by molar-refractivity contribution is -0.143. The Morgan fingerprint density at radius 3 is 2.44 bits per heavy atom. The standard InChI is InChI=1S/C12H15F2NO/c1-9(15-11(16)12(2,13)14)8-10-6-4-3-5-7-10/h3-7,9H,8H2,1-2H3,(H,15,16). The first-order chi connectivity index (χ1) is 7.39. The molecule has 1 aromatic rings. The molecule has 0 spiro atoms. The number of carbonyl (C=O) groups excluding carboxylic acids is 1. The number of nitrogens with one attached hydrogen (secondary N) is 1. The van der Waals surface area contributed by atoms with Gasteiger partial charge >= 0.3 is 5.92 Å². The van der Waals surface area contributed by atoms with Gasteiger partial charge in [0, 0.05) is 13.0 Å². The van der Waals surface area contributed by atoms with Gasteiger partial charge in [0.1, 0.15) is 0 Å². The third-order valence-corrected chi connectivity index (χ3v) is 2.16. The second kappa shape index (κ2) is 5.05. The molecular weight excluding hydrogens is 212 g/mol. The van der Waals surface area contributed by atoms with Crippen molar-refractivity contribution < 1.29 is 13.6 Å². The topological polar surface area (TPSA) is 29.1 Å². The van der Waals surface area contributed by atoms with Crippen LogP contribution < -0.4 is 5.32 Å². The molecule has 0 saturated carbocycles. The number of hydrogen-bond donors (Lipinski definition) is 1. The highest BCUT2D eigenvalue weighted by molar-refractivity contribution is 5.83. The smallest absolute Gasteiger partial charge is 0.321 e. The third-order valence-electron chi connectivity index (χ3n) is 2.16. The number of hydrogen-bond acceptors (Lipinski definition) is 1. The van der Waals surface area contributed by atoms with E-state index in [9.17, 15) is 13.6 Å². The fourth-order valence-electron chi connectivity index (χ4n) is 1.37. The van der Waals surface area contributed by atoms with Crippen molar-refractivity contribution in [3.8, 4) is 0 Å². The molecule has 1 aromatic carbocycles. The molecule has 4 heteroatoms. The Balaban J connectivity index is 2.49. The molecule has 1 rings (SSSR count). The summed E-state index contributed by atoms with van der Waals surface area (Å²) in [5, 5.41) is 2.28. The predicted octanol–water partition coefficient (Wildman–Crippen LogP) is 2.39. The van der Waals surface area contributed by atoms with Gasteiger partial charge in [-0.15, -0.1) is 0 Å². The highest BCUT2D eigenvalue weighted by Crippen LogP contribution is 2.12. The SMILES string of the molecule is CC(Cc1ccccc1)NC(=O)C(C)(F)F. The highest BCUT2D eigenvalue weighted by atomic mass is 19.3. The Morgan fingerprint density at radius 2 is 1.94 bits per heavy atom. The summed E-state index contributed by atoms with van der Waals surface area (Å²) in [5.41, 5.74) is 1.01. The van der Waals surface area contributed by atoms with E-state index in [2.05, 4.69) is 5.32 Å². The molecule has 0 aromatic heterocycles. The van der Waals surface area contributed by atoms with Crippen LogP contribution in [-0.4, -0.2) is 17.9 Å². The first kappa shape index (κ1) is 12.6. The fourth-order valence-corrected chi connectivity index (χ4v) is 1.37. The average Bonchev–Trinajstić information content (AvgIpc) is 2.17. The second-order valence-electron chi connectivity index (χ2n) is 3.95. The van der Waals surface area contributed by atoms with Gasteiger partial charge in [0.2, 0.25) is 0 Å². The van der Waals surface area contributed by atoms with Crippen LogP contribution in [0.5, 0.6) is 0 Å². The quantitative estimate of drug-likeness (QED) is 0.840. The van der Waals surface area contributed by atoms with Gasteiger partial charge in [-0.05, 0) is 18.9 Å². The molecule has 0 bridgehead atoms. The first-order valence-corrected chi connectivity index (χ1v) is 5.12. The molecule has 1 amide bonds. The van der Waals surface area contributed by atoms with Crippen LogP contribution in [0.1, 0.15) is 19.4 Å². The van der Waals surface area contributed by atoms with Crippen molar-refractivity contribution in [1.82, 2.24) is 5.32 Å². The molecule has 2 nitrogen and oxygen atoms in total. The van der Waals surface area contributed by atoms with Gasteiger partial charge in [-0.3, -0.25) is 4.79 Å². The molecule has 1 unspecified atom stereocenters. The minimum Gasteiger partial charge on any atom is -0.348 e. The van der Waals surface area contributed by atoms with E-state index in [0.717, 1.165) is 5.56 Å². The maximum atomic E-state index is 12.6. The van der Waals surface area contributed by atoms with Crippen molar-refractivity contribution in [2.45, 2.75) is 32.2 Å². The summed E-state index contributed by atoms with van der Waals surface area (Å²) in [6, 6.07) is 9.11. The Bertz CT molecular complexity index is 346. The van der Waals surface area contributed by atoms with Crippen LogP contribution in [0.15, 0.2) is 30.3 Å². The number of halogens is 2. The maximum Gasteiger partial charge on any atom is 0.321 e. The van der Waals surface area contributed by atoms with Crippen molar-refractivity contribution in [1.29, 1.82) is 0 Å². The van der Waals surface area contributed by atoms with Crippen molar-refractivity contribution in [2.24, 2.45) is 0 Å². The van der Waals surface area contributed by atoms with Gasteiger partial charge in [-0.25, -0.2) is 0 Å². The minimum atomic E-state index is -3.31. The van der Waals surface area contributed by atoms with Gasteiger partial charge < -0.3 is 5.32 Å². The van der Waals surface area contributed by atoms with E-state index >= 15 is 0 Å². The molecule has 0 saturated heterocycles. The van der Waals surface area contributed by atoms with E-state index in [0.29, 0.717) is 13.3 Å². The van der Waals surface area contributed by atoms with E-state index in [1.807, 2.05) is 30.3 Å². The third kappa shape index (κ3) is 3.96. The van der Waals surface area contributed by atoms with Crippen LogP contribution in [0.3, 0.4) is 0 Å². The summed E-state index contributed by atoms with van der Waals surface area (Å²) in [6.07, 6.45) is 0.544. The zero-order valence-electron chi connectivity index (χ0n) is 9.34. The van der Waals surface area contributed by atoms with E-state index < -0.39 is 11.8 Å². The van der Waals surface area contributed by atoms with Crippen LogP contribution in [-0.2, 0) is 11.2 Å². The normalized spacial score (nSPS) is 13.2. The molecule has 88 valence electrons. The molecule has 1 atom stereocenters. The number of carbonyl (C=O) groups is 1. The molecule has 0 aliphatic heterocycles.